The molecule has 35 heavy (non-hydrogen) atoms. The molecule has 0 saturated carbocycles. The minimum absolute atomic E-state index is 0.0311. The number of benzene rings is 3. The number of anilines is 1. The lowest BCUT2D eigenvalue weighted by molar-refractivity contribution is -0.120. The quantitative estimate of drug-likeness (QED) is 0.481. The van der Waals surface area contributed by atoms with Crippen LogP contribution in [0.5, 0.6) is 11.5 Å². The zero-order valence-electron chi connectivity index (χ0n) is 19.7. The van der Waals surface area contributed by atoms with Crippen molar-refractivity contribution in [3.63, 3.8) is 0 Å². The van der Waals surface area contributed by atoms with Gasteiger partial charge in [0.1, 0.15) is 23.6 Å². The Morgan fingerprint density at radius 3 is 2.51 bits per heavy atom. The number of halogens is 1. The van der Waals surface area contributed by atoms with Crippen LogP contribution in [-0.4, -0.2) is 33.6 Å². The summed E-state index contributed by atoms with van der Waals surface area (Å²) in [4.78, 5) is 13.3. The maximum absolute atomic E-state index is 13.6. The number of para-hydroxylation sites is 1. The van der Waals surface area contributed by atoms with E-state index in [-0.39, 0.29) is 16.6 Å². The number of nitrogens with one attached hydrogen (secondary N) is 1. The first-order chi connectivity index (χ1) is 16.6. The maximum atomic E-state index is 13.6. The van der Waals surface area contributed by atoms with Gasteiger partial charge in [-0.15, -0.1) is 0 Å². The van der Waals surface area contributed by atoms with Crippen LogP contribution < -0.4 is 19.1 Å². The van der Waals surface area contributed by atoms with Gasteiger partial charge in [0.15, 0.2) is 0 Å². The van der Waals surface area contributed by atoms with Gasteiger partial charge in [-0.25, -0.2) is 8.42 Å². The molecule has 1 N–H and O–H groups in total. The molecule has 1 unspecified atom stereocenters. The van der Waals surface area contributed by atoms with Crippen molar-refractivity contribution in [2.24, 2.45) is 0 Å². The largest absolute Gasteiger partial charge is 0.497 e. The summed E-state index contributed by atoms with van der Waals surface area (Å²) in [7, 11) is -2.58. The van der Waals surface area contributed by atoms with Crippen LogP contribution in [-0.2, 0) is 14.8 Å². The van der Waals surface area contributed by atoms with Gasteiger partial charge >= 0.3 is 0 Å². The van der Waals surface area contributed by atoms with Crippen molar-refractivity contribution < 1.29 is 22.7 Å². The number of rotatable bonds is 7. The second kappa shape index (κ2) is 9.79. The first-order valence-electron chi connectivity index (χ1n) is 11.1. The summed E-state index contributed by atoms with van der Waals surface area (Å²) < 4.78 is 39.5. The monoisotopic (exact) mass is 514 g/mol. The molecule has 9 heteroatoms. The van der Waals surface area contributed by atoms with Crippen molar-refractivity contribution in [2.75, 3.05) is 18.0 Å². The van der Waals surface area contributed by atoms with Crippen molar-refractivity contribution >= 4 is 33.2 Å². The van der Waals surface area contributed by atoms with E-state index in [1.165, 1.54) is 25.3 Å². The van der Waals surface area contributed by atoms with E-state index in [0.29, 0.717) is 22.9 Å². The summed E-state index contributed by atoms with van der Waals surface area (Å²) in [5, 5.41) is 3.37. The van der Waals surface area contributed by atoms with Crippen LogP contribution in [0.2, 0.25) is 5.02 Å². The van der Waals surface area contributed by atoms with E-state index in [9.17, 15) is 13.2 Å². The van der Waals surface area contributed by atoms with Gasteiger partial charge in [0.25, 0.3) is 10.0 Å². The average Bonchev–Trinajstić information content (AvgIpc) is 2.81. The number of hydrogen-bond donors (Lipinski definition) is 1. The minimum atomic E-state index is -4.08. The van der Waals surface area contributed by atoms with Crippen molar-refractivity contribution in [2.45, 2.75) is 36.8 Å². The van der Waals surface area contributed by atoms with Gasteiger partial charge < -0.3 is 14.8 Å². The van der Waals surface area contributed by atoms with E-state index in [1.807, 2.05) is 38.1 Å². The summed E-state index contributed by atoms with van der Waals surface area (Å²) >= 11 is 6.15. The molecule has 3 aromatic carbocycles. The molecule has 1 atom stereocenters. The number of hydrogen-bond acceptors (Lipinski definition) is 5. The Bertz CT molecular complexity index is 1330. The highest BCUT2D eigenvalue weighted by Crippen LogP contribution is 2.39. The number of carbonyl (C=O) groups is 1. The predicted molar refractivity (Wildman–Crippen MR) is 136 cm³/mol. The number of nitrogens with zero attached hydrogens (tertiary/aromatic N) is 1. The Labute approximate surface area is 210 Å². The van der Waals surface area contributed by atoms with E-state index in [4.69, 9.17) is 21.1 Å². The lowest BCUT2D eigenvalue weighted by Gasteiger charge is -2.38. The van der Waals surface area contributed by atoms with Gasteiger partial charge in [0.05, 0.1) is 23.7 Å². The fourth-order valence-corrected chi connectivity index (χ4v) is 5.72. The molecule has 1 aliphatic rings. The van der Waals surface area contributed by atoms with Gasteiger partial charge in [-0.1, -0.05) is 35.9 Å². The van der Waals surface area contributed by atoms with E-state index in [2.05, 4.69) is 5.32 Å². The lowest BCUT2D eigenvalue weighted by atomic mass is 9.89. The molecular formula is C26H27ClN2O5S. The molecule has 0 radical (unpaired) electrons. The Hall–Kier alpha value is -3.23. The van der Waals surface area contributed by atoms with Crippen LogP contribution in [0.25, 0.3) is 0 Å². The molecule has 7 nitrogen and oxygen atoms in total. The van der Waals surface area contributed by atoms with E-state index in [1.54, 1.807) is 30.3 Å². The normalized spacial score (nSPS) is 16.5. The van der Waals surface area contributed by atoms with Crippen LogP contribution in [0.15, 0.2) is 77.7 Å². The highest BCUT2D eigenvalue weighted by molar-refractivity contribution is 7.92. The minimum Gasteiger partial charge on any atom is -0.497 e. The van der Waals surface area contributed by atoms with Crippen LogP contribution in [0.1, 0.15) is 31.9 Å². The van der Waals surface area contributed by atoms with Gasteiger partial charge in [0.2, 0.25) is 5.91 Å². The van der Waals surface area contributed by atoms with E-state index < -0.39 is 28.1 Å². The fraction of sp³-hybridized carbons (Fsp3) is 0.269. The van der Waals surface area contributed by atoms with Crippen LogP contribution in [0, 0.1) is 0 Å². The maximum Gasteiger partial charge on any atom is 0.264 e. The summed E-state index contributed by atoms with van der Waals surface area (Å²) in [5.74, 6) is 0.781. The lowest BCUT2D eigenvalue weighted by Crippen LogP contribution is -2.45. The van der Waals surface area contributed by atoms with E-state index in [0.717, 1.165) is 9.87 Å². The Kier molecular flexibility index (Phi) is 6.96. The molecule has 0 saturated heterocycles. The zero-order valence-corrected chi connectivity index (χ0v) is 21.3. The van der Waals surface area contributed by atoms with Crippen molar-refractivity contribution in [1.82, 2.24) is 5.32 Å². The number of sulfonamides is 1. The average molecular weight is 515 g/mol. The number of ether oxygens (including phenoxy) is 2. The zero-order chi connectivity index (χ0) is 25.2. The molecule has 4 rings (SSSR count). The van der Waals surface area contributed by atoms with Crippen molar-refractivity contribution in [1.29, 1.82) is 0 Å². The third-order valence-corrected chi connectivity index (χ3v) is 7.77. The first-order valence-corrected chi connectivity index (χ1v) is 12.9. The summed E-state index contributed by atoms with van der Waals surface area (Å²) in [5.41, 5.74) is 0.650. The van der Waals surface area contributed by atoms with Crippen LogP contribution in [0.4, 0.5) is 5.69 Å². The highest BCUT2D eigenvalue weighted by atomic mass is 35.5. The molecule has 0 fully saturated rings. The molecule has 1 amide bonds. The first kappa shape index (κ1) is 24.9. The number of carbonyl (C=O) groups excluding carboxylic acids is 1. The molecule has 1 heterocycles. The molecule has 0 spiro atoms. The molecule has 0 aliphatic carbocycles. The Balaban J connectivity index is 1.64. The second-order valence-electron chi connectivity index (χ2n) is 8.89. The third kappa shape index (κ3) is 5.55. The van der Waals surface area contributed by atoms with Crippen molar-refractivity contribution in [3.8, 4) is 11.5 Å². The van der Waals surface area contributed by atoms with Gasteiger partial charge in [-0.2, -0.15) is 0 Å². The summed E-state index contributed by atoms with van der Waals surface area (Å²) in [6.07, 6.45) is 0.540. The number of amides is 1. The summed E-state index contributed by atoms with van der Waals surface area (Å²) in [6.45, 7) is 3.48. The highest BCUT2D eigenvalue weighted by Gasteiger charge is 2.35. The van der Waals surface area contributed by atoms with Crippen molar-refractivity contribution in [3.05, 3.63) is 83.4 Å². The molecule has 3 aromatic rings. The van der Waals surface area contributed by atoms with Crippen LogP contribution in [0.3, 0.4) is 0 Å². The van der Waals surface area contributed by atoms with E-state index >= 15 is 0 Å². The predicted octanol–water partition coefficient (Wildman–Crippen LogP) is 4.96. The van der Waals surface area contributed by atoms with Crippen LogP contribution >= 0.6 is 11.6 Å². The molecule has 0 aromatic heterocycles. The smallest absolute Gasteiger partial charge is 0.264 e. The SMILES string of the molecule is COc1ccc(S(=O)(=O)N(CC(=O)NC2CC(C)(C)Oc3ccccc32)c2cccc(Cl)c2)cc1. The topological polar surface area (TPSA) is 84.9 Å². The van der Waals surface area contributed by atoms with Gasteiger partial charge in [-0.05, 0) is 62.4 Å². The molecular weight excluding hydrogens is 488 g/mol. The number of fused-ring (bicyclic) bond motifs is 1. The number of methoxy groups -OCH3 is 1. The fourth-order valence-electron chi connectivity index (χ4n) is 4.12. The molecule has 184 valence electrons. The third-order valence-electron chi connectivity index (χ3n) is 5.74. The van der Waals surface area contributed by atoms with Gasteiger partial charge in [-0.3, -0.25) is 9.10 Å². The summed E-state index contributed by atoms with van der Waals surface area (Å²) in [6, 6.07) is 19.6. The Morgan fingerprint density at radius 1 is 1.11 bits per heavy atom. The molecule has 0 bridgehead atoms. The molecule has 1 aliphatic heterocycles. The standard InChI is InChI=1S/C26H27ClN2O5S/c1-26(2)16-23(22-9-4-5-10-24(22)34-26)28-25(30)17-29(19-8-6-7-18(27)15-19)35(31,32)21-13-11-20(33-3)12-14-21/h4-15,23H,16-17H2,1-3H3,(H,28,30). The Morgan fingerprint density at radius 2 is 1.83 bits per heavy atom. The second-order valence-corrected chi connectivity index (χ2v) is 11.2. The van der Waals surface area contributed by atoms with Gasteiger partial charge in [0, 0.05) is 17.0 Å².